The number of aromatic amines is 1. The number of piperidine rings is 1. The smallest absolute Gasteiger partial charge is 0.328 e. The number of amides is 2. The molecule has 0 aliphatic carbocycles. The summed E-state index contributed by atoms with van der Waals surface area (Å²) in [5, 5.41) is 0. The molecule has 0 aromatic carbocycles. The van der Waals surface area contributed by atoms with Crippen molar-refractivity contribution >= 4 is 11.8 Å². The molecule has 1 aromatic rings. The van der Waals surface area contributed by atoms with E-state index >= 15 is 0 Å². The fourth-order valence-electron chi connectivity index (χ4n) is 3.88. The van der Waals surface area contributed by atoms with Gasteiger partial charge in [0.1, 0.15) is 0 Å². The van der Waals surface area contributed by atoms with Crippen LogP contribution in [0.15, 0.2) is 15.8 Å². The molecule has 142 valence electrons. The van der Waals surface area contributed by atoms with Crippen LogP contribution in [0.3, 0.4) is 0 Å². The number of hydrogen-bond donors (Lipinski definition) is 1. The molecule has 2 fully saturated rings. The molecule has 3 rings (SSSR count). The summed E-state index contributed by atoms with van der Waals surface area (Å²) in [5.74, 6) is 0.113. The highest BCUT2D eigenvalue weighted by Gasteiger charge is 2.29. The van der Waals surface area contributed by atoms with Gasteiger partial charge in [-0.25, -0.2) is 4.79 Å². The van der Waals surface area contributed by atoms with E-state index in [0.29, 0.717) is 25.1 Å². The highest BCUT2D eigenvalue weighted by atomic mass is 16.2. The zero-order chi connectivity index (χ0) is 18.7. The Morgan fingerprint density at radius 1 is 1.19 bits per heavy atom. The Bertz CT molecular complexity index is 797. The molecule has 1 atom stereocenters. The molecule has 0 saturated carbocycles. The quantitative estimate of drug-likeness (QED) is 0.798. The largest absolute Gasteiger partial charge is 0.343 e. The summed E-state index contributed by atoms with van der Waals surface area (Å²) in [7, 11) is 1.39. The Labute approximate surface area is 151 Å². The zero-order valence-corrected chi connectivity index (χ0v) is 15.2. The van der Waals surface area contributed by atoms with Crippen LogP contribution >= 0.6 is 0 Å². The fourth-order valence-corrected chi connectivity index (χ4v) is 3.88. The lowest BCUT2D eigenvalue weighted by atomic mass is 9.98. The molecular formula is C18H26N4O4. The lowest BCUT2D eigenvalue weighted by molar-refractivity contribution is -0.134. The van der Waals surface area contributed by atoms with Gasteiger partial charge in [-0.05, 0) is 32.1 Å². The number of carbonyl (C=O) groups excluding carboxylic acids is 2. The second kappa shape index (κ2) is 7.88. The second-order valence-corrected chi connectivity index (χ2v) is 7.17. The number of H-pyrrole nitrogens is 1. The summed E-state index contributed by atoms with van der Waals surface area (Å²) in [6, 6.07) is 0.108. The van der Waals surface area contributed by atoms with Crippen LogP contribution in [0.5, 0.6) is 0 Å². The van der Waals surface area contributed by atoms with E-state index in [1.54, 1.807) is 0 Å². The van der Waals surface area contributed by atoms with Crippen molar-refractivity contribution < 1.29 is 9.59 Å². The Kier molecular flexibility index (Phi) is 5.58. The number of nitrogens with zero attached hydrogens (tertiary/aromatic N) is 3. The van der Waals surface area contributed by atoms with Crippen LogP contribution < -0.4 is 11.2 Å². The van der Waals surface area contributed by atoms with Gasteiger partial charge < -0.3 is 14.8 Å². The molecule has 2 amide bonds. The Morgan fingerprint density at radius 3 is 2.73 bits per heavy atom. The molecule has 26 heavy (non-hydrogen) atoms. The van der Waals surface area contributed by atoms with Crippen molar-refractivity contribution in [3.63, 3.8) is 0 Å². The topological polar surface area (TPSA) is 95.5 Å². The zero-order valence-electron chi connectivity index (χ0n) is 15.2. The summed E-state index contributed by atoms with van der Waals surface area (Å²) in [5.41, 5.74) is -0.619. The minimum Gasteiger partial charge on any atom is -0.343 e. The molecule has 0 bridgehead atoms. The van der Waals surface area contributed by atoms with Gasteiger partial charge >= 0.3 is 5.69 Å². The summed E-state index contributed by atoms with van der Waals surface area (Å²) in [6.07, 6.45) is 6.60. The maximum absolute atomic E-state index is 12.8. The molecule has 0 spiro atoms. The van der Waals surface area contributed by atoms with E-state index in [9.17, 15) is 19.2 Å². The molecule has 1 aromatic heterocycles. The number of carbonyl (C=O) groups is 2. The highest BCUT2D eigenvalue weighted by molar-refractivity contribution is 5.79. The van der Waals surface area contributed by atoms with Crippen LogP contribution in [-0.4, -0.2) is 56.8 Å². The third-order valence-corrected chi connectivity index (χ3v) is 5.45. The van der Waals surface area contributed by atoms with Gasteiger partial charge in [0.05, 0.1) is 6.42 Å². The summed E-state index contributed by atoms with van der Waals surface area (Å²) < 4.78 is 0.981. The molecule has 1 unspecified atom stereocenters. The normalized spacial score (nSPS) is 20.7. The Morgan fingerprint density at radius 2 is 2.00 bits per heavy atom. The van der Waals surface area contributed by atoms with E-state index < -0.39 is 11.2 Å². The van der Waals surface area contributed by atoms with Crippen LogP contribution in [-0.2, 0) is 23.1 Å². The predicted octanol–water partition coefficient (Wildman–Crippen LogP) is 0.00970. The van der Waals surface area contributed by atoms with Crippen molar-refractivity contribution in [2.45, 2.75) is 51.0 Å². The molecule has 8 heteroatoms. The van der Waals surface area contributed by atoms with Crippen LogP contribution in [0.1, 0.15) is 44.1 Å². The first-order valence-electron chi connectivity index (χ1n) is 9.32. The van der Waals surface area contributed by atoms with Crippen molar-refractivity contribution in [2.24, 2.45) is 7.05 Å². The summed E-state index contributed by atoms with van der Waals surface area (Å²) >= 11 is 0. The van der Waals surface area contributed by atoms with Gasteiger partial charge in [0.15, 0.2) is 0 Å². The average Bonchev–Trinajstić information content (AvgIpc) is 3.05. The SMILES string of the molecule is Cn1c(=O)[nH]cc(CC(=O)N2CCCCC2CCN2CCCC2=O)c1=O. The van der Waals surface area contributed by atoms with Crippen molar-refractivity contribution in [2.75, 3.05) is 19.6 Å². The van der Waals surface area contributed by atoms with E-state index in [2.05, 4.69) is 4.98 Å². The van der Waals surface area contributed by atoms with E-state index in [4.69, 9.17) is 0 Å². The molecule has 3 heterocycles. The van der Waals surface area contributed by atoms with Crippen LogP contribution in [0.2, 0.25) is 0 Å². The highest BCUT2D eigenvalue weighted by Crippen LogP contribution is 2.22. The first kappa shape index (κ1) is 18.4. The fraction of sp³-hybridized carbons (Fsp3) is 0.667. The van der Waals surface area contributed by atoms with E-state index in [-0.39, 0.29) is 24.3 Å². The maximum atomic E-state index is 12.8. The van der Waals surface area contributed by atoms with Crippen LogP contribution in [0.25, 0.3) is 0 Å². The standard InChI is InChI=1S/C18H26N4O4/c1-20-17(25)13(12-19-18(20)26)11-16(24)22-9-3-2-5-14(22)7-10-21-8-4-6-15(21)23/h12,14H,2-11H2,1H3,(H,19,26). The van der Waals surface area contributed by atoms with Crippen molar-refractivity contribution in [1.82, 2.24) is 19.4 Å². The van der Waals surface area contributed by atoms with Gasteiger partial charge in [0, 0.05) is 50.9 Å². The van der Waals surface area contributed by atoms with Gasteiger partial charge in [0.2, 0.25) is 11.8 Å². The first-order chi connectivity index (χ1) is 12.5. The van der Waals surface area contributed by atoms with Crippen LogP contribution in [0, 0.1) is 0 Å². The summed E-state index contributed by atoms with van der Waals surface area (Å²) in [6.45, 7) is 2.18. The van der Waals surface area contributed by atoms with E-state index in [0.717, 1.165) is 43.2 Å². The lowest BCUT2D eigenvalue weighted by Gasteiger charge is -2.36. The minimum atomic E-state index is -0.489. The molecule has 8 nitrogen and oxygen atoms in total. The first-order valence-corrected chi connectivity index (χ1v) is 9.32. The van der Waals surface area contributed by atoms with Crippen molar-refractivity contribution in [1.29, 1.82) is 0 Å². The number of rotatable bonds is 5. The average molecular weight is 362 g/mol. The van der Waals surface area contributed by atoms with Gasteiger partial charge in [-0.15, -0.1) is 0 Å². The monoisotopic (exact) mass is 362 g/mol. The van der Waals surface area contributed by atoms with E-state index in [1.807, 2.05) is 9.80 Å². The number of hydrogen-bond acceptors (Lipinski definition) is 4. The maximum Gasteiger partial charge on any atom is 0.328 e. The van der Waals surface area contributed by atoms with Gasteiger partial charge in [-0.1, -0.05) is 0 Å². The van der Waals surface area contributed by atoms with Crippen molar-refractivity contribution in [3.05, 3.63) is 32.6 Å². The Balaban J connectivity index is 1.66. The Hall–Kier alpha value is -2.38. The number of nitrogens with one attached hydrogen (secondary N) is 1. The lowest BCUT2D eigenvalue weighted by Crippen LogP contribution is -2.46. The summed E-state index contributed by atoms with van der Waals surface area (Å²) in [4.78, 5) is 54.4. The van der Waals surface area contributed by atoms with E-state index in [1.165, 1.54) is 13.2 Å². The predicted molar refractivity (Wildman–Crippen MR) is 95.8 cm³/mol. The molecular weight excluding hydrogens is 336 g/mol. The minimum absolute atomic E-state index is 0.0113. The van der Waals surface area contributed by atoms with Crippen LogP contribution in [0.4, 0.5) is 0 Å². The third kappa shape index (κ3) is 3.89. The molecule has 0 radical (unpaired) electrons. The molecule has 1 N–H and O–H groups in total. The third-order valence-electron chi connectivity index (χ3n) is 5.45. The van der Waals surface area contributed by atoms with Gasteiger partial charge in [0.25, 0.3) is 5.56 Å². The second-order valence-electron chi connectivity index (χ2n) is 7.17. The van der Waals surface area contributed by atoms with Gasteiger partial charge in [-0.3, -0.25) is 19.0 Å². The number of aromatic nitrogens is 2. The molecule has 2 saturated heterocycles. The molecule has 2 aliphatic heterocycles. The van der Waals surface area contributed by atoms with Gasteiger partial charge in [-0.2, -0.15) is 0 Å². The molecule has 2 aliphatic rings. The van der Waals surface area contributed by atoms with Crippen molar-refractivity contribution in [3.8, 4) is 0 Å². The number of likely N-dealkylation sites (tertiary alicyclic amines) is 2.